The number of carboxylic acid groups (broad SMARTS) is 1. The van der Waals surface area contributed by atoms with E-state index in [1.54, 1.807) is 0 Å². The van der Waals surface area contributed by atoms with E-state index >= 15 is 0 Å². The number of carbonyl (C=O) groups is 1. The Hall–Kier alpha value is -0.530. The molecule has 0 heterocycles. The minimum absolute atomic E-state index is 0.330. The average molecular weight is 172 g/mol. The van der Waals surface area contributed by atoms with Gasteiger partial charge in [0.2, 0.25) is 0 Å². The molecule has 0 aliphatic rings. The highest BCUT2D eigenvalue weighted by Gasteiger charge is 2.02. The fourth-order valence-electron chi connectivity index (χ4n) is 1.30. The minimum Gasteiger partial charge on any atom is -0.481 e. The zero-order valence-electron chi connectivity index (χ0n) is 8.18. The molecule has 0 aromatic carbocycles. The molecule has 0 saturated heterocycles. The highest BCUT2D eigenvalue weighted by Crippen LogP contribution is 2.14. The molecule has 2 nitrogen and oxygen atoms in total. The summed E-state index contributed by atoms with van der Waals surface area (Å²) in [4.78, 5) is 10.2. The molecule has 1 N–H and O–H groups in total. The fraction of sp³-hybridized carbons (Fsp3) is 0.900. The van der Waals surface area contributed by atoms with Gasteiger partial charge in [0, 0.05) is 6.42 Å². The van der Waals surface area contributed by atoms with Crippen molar-refractivity contribution >= 4 is 5.97 Å². The lowest BCUT2D eigenvalue weighted by Gasteiger charge is -2.08. The van der Waals surface area contributed by atoms with Crippen molar-refractivity contribution in [1.82, 2.24) is 0 Å². The van der Waals surface area contributed by atoms with Gasteiger partial charge in [0.15, 0.2) is 0 Å². The quantitative estimate of drug-likeness (QED) is 0.640. The summed E-state index contributed by atoms with van der Waals surface area (Å²) < 4.78 is 0. The summed E-state index contributed by atoms with van der Waals surface area (Å²) in [7, 11) is 0. The highest BCUT2D eigenvalue weighted by atomic mass is 16.4. The molecule has 0 radical (unpaired) electrons. The van der Waals surface area contributed by atoms with Crippen molar-refractivity contribution in [2.45, 2.75) is 52.4 Å². The second kappa shape index (κ2) is 7.14. The SMILES string of the molecule is CCCCC(C)CCCC(=O)O. The molecule has 0 fully saturated rings. The third kappa shape index (κ3) is 7.58. The average Bonchev–Trinajstić information content (AvgIpc) is 2.00. The van der Waals surface area contributed by atoms with Gasteiger partial charge < -0.3 is 5.11 Å². The summed E-state index contributed by atoms with van der Waals surface area (Å²) in [6.45, 7) is 4.39. The molecule has 2 heteroatoms. The Morgan fingerprint density at radius 3 is 2.42 bits per heavy atom. The Bertz CT molecular complexity index is 121. The van der Waals surface area contributed by atoms with Crippen molar-refractivity contribution in [2.75, 3.05) is 0 Å². The topological polar surface area (TPSA) is 37.3 Å². The molecule has 1 atom stereocenters. The smallest absolute Gasteiger partial charge is 0.303 e. The standard InChI is InChI=1S/C10H20O2/c1-3-4-6-9(2)7-5-8-10(11)12/h9H,3-8H2,1-2H3,(H,11,12). The first-order valence-electron chi connectivity index (χ1n) is 4.88. The number of rotatable bonds is 7. The van der Waals surface area contributed by atoms with E-state index in [4.69, 9.17) is 5.11 Å². The summed E-state index contributed by atoms with van der Waals surface area (Å²) in [6, 6.07) is 0. The fourth-order valence-corrected chi connectivity index (χ4v) is 1.30. The van der Waals surface area contributed by atoms with E-state index in [1.807, 2.05) is 0 Å². The minimum atomic E-state index is -0.669. The van der Waals surface area contributed by atoms with Gasteiger partial charge in [-0.15, -0.1) is 0 Å². The second-order valence-electron chi connectivity index (χ2n) is 3.53. The van der Waals surface area contributed by atoms with E-state index in [0.29, 0.717) is 12.3 Å². The monoisotopic (exact) mass is 172 g/mol. The number of aliphatic carboxylic acids is 1. The van der Waals surface area contributed by atoms with Crippen LogP contribution in [0.15, 0.2) is 0 Å². The van der Waals surface area contributed by atoms with E-state index in [9.17, 15) is 4.79 Å². The zero-order chi connectivity index (χ0) is 9.40. The summed E-state index contributed by atoms with van der Waals surface area (Å²) >= 11 is 0. The van der Waals surface area contributed by atoms with Gasteiger partial charge in [0.1, 0.15) is 0 Å². The van der Waals surface area contributed by atoms with Crippen molar-refractivity contribution in [1.29, 1.82) is 0 Å². The predicted octanol–water partition coefficient (Wildman–Crippen LogP) is 3.07. The maximum atomic E-state index is 10.2. The molecule has 0 saturated carbocycles. The third-order valence-electron chi connectivity index (χ3n) is 2.14. The van der Waals surface area contributed by atoms with E-state index in [0.717, 1.165) is 12.8 Å². The molecule has 72 valence electrons. The predicted molar refractivity (Wildman–Crippen MR) is 50.2 cm³/mol. The highest BCUT2D eigenvalue weighted by molar-refractivity contribution is 5.66. The summed E-state index contributed by atoms with van der Waals surface area (Å²) in [5.41, 5.74) is 0. The van der Waals surface area contributed by atoms with Crippen molar-refractivity contribution in [3.8, 4) is 0 Å². The lowest BCUT2D eigenvalue weighted by atomic mass is 9.98. The van der Waals surface area contributed by atoms with Gasteiger partial charge in [-0.2, -0.15) is 0 Å². The van der Waals surface area contributed by atoms with Crippen LogP contribution in [-0.2, 0) is 4.79 Å². The molecule has 0 spiro atoms. The van der Waals surface area contributed by atoms with Gasteiger partial charge in [-0.05, 0) is 12.3 Å². The first-order valence-corrected chi connectivity index (χ1v) is 4.88. The summed E-state index contributed by atoms with van der Waals surface area (Å²) in [5.74, 6) is 0.0296. The summed E-state index contributed by atoms with van der Waals surface area (Å²) in [5, 5.41) is 8.40. The van der Waals surface area contributed by atoms with Crippen molar-refractivity contribution < 1.29 is 9.90 Å². The van der Waals surface area contributed by atoms with Crippen LogP contribution in [0.2, 0.25) is 0 Å². The Balaban J connectivity index is 3.19. The Labute approximate surface area is 75.0 Å². The van der Waals surface area contributed by atoms with Gasteiger partial charge >= 0.3 is 5.97 Å². The Morgan fingerprint density at radius 1 is 1.33 bits per heavy atom. The zero-order valence-corrected chi connectivity index (χ0v) is 8.18. The third-order valence-corrected chi connectivity index (χ3v) is 2.14. The molecule has 0 aliphatic carbocycles. The van der Waals surface area contributed by atoms with Crippen LogP contribution >= 0.6 is 0 Å². The lowest BCUT2D eigenvalue weighted by molar-refractivity contribution is -0.137. The van der Waals surface area contributed by atoms with Gasteiger partial charge in [-0.25, -0.2) is 0 Å². The maximum Gasteiger partial charge on any atom is 0.303 e. The van der Waals surface area contributed by atoms with Gasteiger partial charge in [0.25, 0.3) is 0 Å². The molecule has 12 heavy (non-hydrogen) atoms. The maximum absolute atomic E-state index is 10.2. The molecule has 0 aliphatic heterocycles. The molecule has 0 rings (SSSR count). The van der Waals surface area contributed by atoms with Crippen LogP contribution in [0.5, 0.6) is 0 Å². The number of carboxylic acids is 1. The first-order chi connectivity index (χ1) is 5.66. The van der Waals surface area contributed by atoms with Crippen LogP contribution in [0.3, 0.4) is 0 Å². The molecule has 0 aromatic rings. The van der Waals surface area contributed by atoms with Crippen LogP contribution in [-0.4, -0.2) is 11.1 Å². The van der Waals surface area contributed by atoms with E-state index in [1.165, 1.54) is 19.3 Å². The van der Waals surface area contributed by atoms with Crippen LogP contribution < -0.4 is 0 Å². The largest absolute Gasteiger partial charge is 0.481 e. The molecule has 0 bridgehead atoms. The van der Waals surface area contributed by atoms with E-state index in [-0.39, 0.29) is 0 Å². The van der Waals surface area contributed by atoms with E-state index < -0.39 is 5.97 Å². The van der Waals surface area contributed by atoms with Gasteiger partial charge in [-0.3, -0.25) is 4.79 Å². The van der Waals surface area contributed by atoms with Crippen LogP contribution in [0.4, 0.5) is 0 Å². The molecule has 0 amide bonds. The normalized spacial score (nSPS) is 12.8. The van der Waals surface area contributed by atoms with Crippen molar-refractivity contribution in [3.05, 3.63) is 0 Å². The van der Waals surface area contributed by atoms with Gasteiger partial charge in [-0.1, -0.05) is 39.5 Å². The summed E-state index contributed by atoms with van der Waals surface area (Å²) in [6.07, 6.45) is 5.98. The number of unbranched alkanes of at least 4 members (excludes halogenated alkanes) is 1. The molecular formula is C10H20O2. The lowest BCUT2D eigenvalue weighted by Crippen LogP contribution is -1.98. The van der Waals surface area contributed by atoms with E-state index in [2.05, 4.69) is 13.8 Å². The Morgan fingerprint density at radius 2 is 1.92 bits per heavy atom. The van der Waals surface area contributed by atoms with Crippen molar-refractivity contribution in [3.63, 3.8) is 0 Å². The second-order valence-corrected chi connectivity index (χ2v) is 3.53. The van der Waals surface area contributed by atoms with Crippen molar-refractivity contribution in [2.24, 2.45) is 5.92 Å². The van der Waals surface area contributed by atoms with Crippen LogP contribution in [0.25, 0.3) is 0 Å². The molecular weight excluding hydrogens is 152 g/mol. The number of hydrogen-bond acceptors (Lipinski definition) is 1. The molecule has 0 aromatic heterocycles. The van der Waals surface area contributed by atoms with Crippen LogP contribution in [0, 0.1) is 5.92 Å². The molecule has 1 unspecified atom stereocenters. The van der Waals surface area contributed by atoms with Crippen LogP contribution in [0.1, 0.15) is 52.4 Å². The van der Waals surface area contributed by atoms with Gasteiger partial charge in [0.05, 0.1) is 0 Å². The Kier molecular flexibility index (Phi) is 6.82. The first kappa shape index (κ1) is 11.5. The number of hydrogen-bond donors (Lipinski definition) is 1.